The van der Waals surface area contributed by atoms with Gasteiger partial charge < -0.3 is 9.47 Å². The van der Waals surface area contributed by atoms with Crippen LogP contribution < -0.4 is 0 Å². The van der Waals surface area contributed by atoms with Gasteiger partial charge in [-0.1, -0.05) is 58.4 Å². The van der Waals surface area contributed by atoms with Gasteiger partial charge >= 0.3 is 11.9 Å². The molecular weight excluding hydrogens is 448 g/mol. The van der Waals surface area contributed by atoms with Gasteiger partial charge in [-0.15, -0.1) is 0 Å². The molecule has 0 heterocycles. The summed E-state index contributed by atoms with van der Waals surface area (Å²) in [5, 5.41) is 0. The lowest BCUT2D eigenvalue weighted by Crippen LogP contribution is -2.34. The molecule has 30 heavy (non-hydrogen) atoms. The van der Waals surface area contributed by atoms with Gasteiger partial charge in [-0.3, -0.25) is 9.59 Å². The van der Waals surface area contributed by atoms with Gasteiger partial charge in [0.15, 0.2) is 0 Å². The summed E-state index contributed by atoms with van der Waals surface area (Å²) >= 11 is 3.41. The van der Waals surface area contributed by atoms with Crippen LogP contribution in [0.1, 0.15) is 37.8 Å². The molecule has 0 aliphatic heterocycles. The number of Topliss-reactive ketones (excluding diaryl/α,β-unsaturated/α-hetero) is 1. The maximum atomic E-state index is 13.5. The van der Waals surface area contributed by atoms with Crippen molar-refractivity contribution in [3.8, 4) is 0 Å². The van der Waals surface area contributed by atoms with Crippen LogP contribution in [0.4, 0.5) is 0 Å². The van der Waals surface area contributed by atoms with Gasteiger partial charge in [0, 0.05) is 10.4 Å². The average molecular weight is 473 g/mol. The predicted octanol–water partition coefficient (Wildman–Crippen LogP) is 4.48. The van der Waals surface area contributed by atoms with E-state index in [4.69, 9.17) is 9.47 Å². The van der Waals surface area contributed by atoms with Gasteiger partial charge in [-0.25, -0.2) is 4.79 Å². The molecule has 3 atom stereocenters. The highest BCUT2D eigenvalue weighted by Gasteiger charge is 2.74. The topological polar surface area (TPSA) is 69.7 Å². The molecule has 1 fully saturated rings. The summed E-state index contributed by atoms with van der Waals surface area (Å²) < 4.78 is 11.3. The Balaban J connectivity index is 2.11. The number of methoxy groups -OCH3 is 1. The standard InChI is InChI=1S/C24H25BrO5/c1-23(2,3)30-22(28)24(14-15-8-6-5-7-9-15)18(16-10-12-17(25)13-11-16)19(24)20(26)21(27)29-4/h5-13,18-19H,14H2,1-4H3/t18-,19+,24-/m1/s1. The lowest BCUT2D eigenvalue weighted by atomic mass is 9.89. The highest BCUT2D eigenvalue weighted by molar-refractivity contribution is 9.10. The van der Waals surface area contributed by atoms with Crippen molar-refractivity contribution in [1.82, 2.24) is 0 Å². The number of ketones is 1. The number of ether oxygens (including phenoxy) is 2. The highest BCUT2D eigenvalue weighted by atomic mass is 79.9. The molecule has 0 aromatic heterocycles. The minimum Gasteiger partial charge on any atom is -0.463 e. The van der Waals surface area contributed by atoms with Gasteiger partial charge in [-0.05, 0) is 50.5 Å². The number of halogens is 1. The van der Waals surface area contributed by atoms with Crippen LogP contribution in [0, 0.1) is 11.3 Å². The minimum absolute atomic E-state index is 0.289. The van der Waals surface area contributed by atoms with Crippen LogP contribution in [0.2, 0.25) is 0 Å². The first-order valence-electron chi connectivity index (χ1n) is 9.75. The van der Waals surface area contributed by atoms with Crippen molar-refractivity contribution in [2.45, 2.75) is 38.7 Å². The van der Waals surface area contributed by atoms with Crippen molar-refractivity contribution in [2.24, 2.45) is 11.3 Å². The van der Waals surface area contributed by atoms with Crippen LogP contribution in [-0.4, -0.2) is 30.4 Å². The number of hydrogen-bond acceptors (Lipinski definition) is 5. The third-order valence-corrected chi connectivity index (χ3v) is 5.88. The summed E-state index contributed by atoms with van der Waals surface area (Å²) in [6, 6.07) is 16.9. The van der Waals surface area contributed by atoms with E-state index in [-0.39, 0.29) is 6.42 Å². The van der Waals surface area contributed by atoms with E-state index in [1.165, 1.54) is 7.11 Å². The van der Waals surface area contributed by atoms with Crippen LogP contribution in [-0.2, 0) is 30.3 Å². The molecule has 0 radical (unpaired) electrons. The molecule has 0 bridgehead atoms. The van der Waals surface area contributed by atoms with Gasteiger partial charge in [0.05, 0.1) is 18.4 Å². The largest absolute Gasteiger partial charge is 0.463 e. The molecule has 1 aliphatic carbocycles. The summed E-state index contributed by atoms with van der Waals surface area (Å²) in [6.07, 6.45) is 0.289. The molecule has 158 valence electrons. The van der Waals surface area contributed by atoms with Gasteiger partial charge in [0.25, 0.3) is 0 Å². The molecule has 2 aromatic carbocycles. The molecule has 0 unspecified atom stereocenters. The fourth-order valence-electron chi connectivity index (χ4n) is 4.07. The zero-order chi connectivity index (χ0) is 22.1. The summed E-state index contributed by atoms with van der Waals surface area (Å²) in [4.78, 5) is 38.6. The Morgan fingerprint density at radius 3 is 2.13 bits per heavy atom. The number of carbonyl (C=O) groups excluding carboxylic acids is 3. The second-order valence-electron chi connectivity index (χ2n) is 8.57. The molecule has 1 saturated carbocycles. The van der Waals surface area contributed by atoms with E-state index in [2.05, 4.69) is 15.9 Å². The minimum atomic E-state index is -1.17. The Morgan fingerprint density at radius 2 is 1.60 bits per heavy atom. The summed E-state index contributed by atoms with van der Waals surface area (Å²) in [7, 11) is 1.17. The summed E-state index contributed by atoms with van der Waals surface area (Å²) in [6.45, 7) is 5.36. The van der Waals surface area contributed by atoms with Crippen LogP contribution >= 0.6 is 15.9 Å². The van der Waals surface area contributed by atoms with E-state index in [1.54, 1.807) is 20.8 Å². The number of rotatable bonds is 6. The Morgan fingerprint density at radius 1 is 1.00 bits per heavy atom. The SMILES string of the molecule is COC(=O)C(=O)[C@@H]1[C@@H](c2ccc(Br)cc2)[C@@]1(Cc1ccccc1)C(=O)OC(C)(C)C. The van der Waals surface area contributed by atoms with Crippen molar-refractivity contribution < 1.29 is 23.9 Å². The van der Waals surface area contributed by atoms with Crippen LogP contribution in [0.15, 0.2) is 59.1 Å². The number of carbonyl (C=O) groups is 3. The predicted molar refractivity (Wildman–Crippen MR) is 116 cm³/mol. The molecule has 1 aliphatic rings. The molecule has 2 aromatic rings. The highest BCUT2D eigenvalue weighted by Crippen LogP contribution is 2.67. The van der Waals surface area contributed by atoms with Crippen molar-refractivity contribution >= 4 is 33.7 Å². The van der Waals surface area contributed by atoms with E-state index in [1.807, 2.05) is 54.6 Å². The Hall–Kier alpha value is -2.47. The Labute approximate surface area is 184 Å². The summed E-state index contributed by atoms with van der Waals surface area (Å²) in [5.41, 5.74) is -0.201. The zero-order valence-electron chi connectivity index (χ0n) is 17.5. The van der Waals surface area contributed by atoms with E-state index >= 15 is 0 Å². The van der Waals surface area contributed by atoms with Crippen LogP contribution in [0.3, 0.4) is 0 Å². The lowest BCUT2D eigenvalue weighted by Gasteiger charge is -2.25. The van der Waals surface area contributed by atoms with Crippen molar-refractivity contribution in [1.29, 1.82) is 0 Å². The molecule has 0 amide bonds. The van der Waals surface area contributed by atoms with Gasteiger partial charge in [0.1, 0.15) is 5.60 Å². The smallest absolute Gasteiger partial charge is 0.374 e. The molecular formula is C24H25BrO5. The quantitative estimate of drug-likeness (QED) is 0.457. The molecule has 0 N–H and O–H groups in total. The first kappa shape index (κ1) is 22.2. The monoisotopic (exact) mass is 472 g/mol. The maximum absolute atomic E-state index is 13.5. The van der Waals surface area contributed by atoms with Crippen molar-refractivity contribution in [3.05, 3.63) is 70.2 Å². The third kappa shape index (κ3) is 4.33. The van der Waals surface area contributed by atoms with E-state index in [0.29, 0.717) is 0 Å². The van der Waals surface area contributed by atoms with E-state index < -0.39 is 40.6 Å². The van der Waals surface area contributed by atoms with Crippen molar-refractivity contribution in [2.75, 3.05) is 7.11 Å². The second kappa shape index (κ2) is 8.34. The molecule has 6 heteroatoms. The first-order valence-corrected chi connectivity index (χ1v) is 10.5. The van der Waals surface area contributed by atoms with Crippen LogP contribution in [0.5, 0.6) is 0 Å². The van der Waals surface area contributed by atoms with E-state index in [0.717, 1.165) is 15.6 Å². The normalized spacial score (nSPS) is 22.8. The number of hydrogen-bond donors (Lipinski definition) is 0. The van der Waals surface area contributed by atoms with Crippen molar-refractivity contribution in [3.63, 3.8) is 0 Å². The maximum Gasteiger partial charge on any atom is 0.374 e. The second-order valence-corrected chi connectivity index (χ2v) is 9.48. The molecule has 0 spiro atoms. The molecule has 3 rings (SSSR count). The zero-order valence-corrected chi connectivity index (χ0v) is 19.1. The number of benzene rings is 2. The Bertz CT molecular complexity index is 946. The van der Waals surface area contributed by atoms with Gasteiger partial charge in [-0.2, -0.15) is 0 Å². The first-order chi connectivity index (χ1) is 14.1. The number of esters is 2. The fraction of sp³-hybridized carbons (Fsp3) is 0.375. The van der Waals surface area contributed by atoms with E-state index in [9.17, 15) is 14.4 Å². The van der Waals surface area contributed by atoms with Gasteiger partial charge in [0.2, 0.25) is 5.78 Å². The van der Waals surface area contributed by atoms with Crippen LogP contribution in [0.25, 0.3) is 0 Å². The average Bonchev–Trinajstić information content (AvgIpc) is 3.36. The molecule has 0 saturated heterocycles. The fourth-order valence-corrected chi connectivity index (χ4v) is 4.33. The third-order valence-electron chi connectivity index (χ3n) is 5.35. The Kier molecular flexibility index (Phi) is 6.18. The molecule has 5 nitrogen and oxygen atoms in total. The lowest BCUT2D eigenvalue weighted by molar-refractivity contribution is -0.164. The summed E-state index contributed by atoms with van der Waals surface area (Å²) in [5.74, 6) is -3.45.